The van der Waals surface area contributed by atoms with Crippen molar-refractivity contribution in [3.8, 4) is 0 Å². The molecule has 11 heavy (non-hydrogen) atoms. The minimum Gasteiger partial charge on any atom is -0.479 e. The van der Waals surface area contributed by atoms with Crippen LogP contribution in [0.4, 0.5) is 0 Å². The molecule has 1 aliphatic rings. The SMILES string of the molecule is [N-]=[N+]=N[C@@H]1CCO[C@H]1C(=O)O. The third kappa shape index (κ3) is 1.60. The van der Waals surface area contributed by atoms with E-state index in [2.05, 4.69) is 10.0 Å². The Morgan fingerprint density at radius 2 is 2.55 bits per heavy atom. The van der Waals surface area contributed by atoms with Crippen molar-refractivity contribution in [1.82, 2.24) is 0 Å². The van der Waals surface area contributed by atoms with Gasteiger partial charge in [-0.15, -0.1) is 0 Å². The van der Waals surface area contributed by atoms with Gasteiger partial charge in [0, 0.05) is 11.5 Å². The number of aliphatic carboxylic acids is 1. The Bertz CT molecular complexity index is 203. The molecule has 1 fully saturated rings. The molecule has 0 aromatic carbocycles. The van der Waals surface area contributed by atoms with Gasteiger partial charge < -0.3 is 9.84 Å². The molecule has 1 heterocycles. The molecule has 0 bridgehead atoms. The van der Waals surface area contributed by atoms with Gasteiger partial charge in [0.05, 0.1) is 6.04 Å². The zero-order valence-electron chi connectivity index (χ0n) is 5.67. The molecule has 1 rings (SSSR count). The number of carbonyl (C=O) groups is 1. The molecule has 60 valence electrons. The summed E-state index contributed by atoms with van der Waals surface area (Å²) in [6.45, 7) is 0.348. The maximum Gasteiger partial charge on any atom is 0.333 e. The molecule has 0 aromatic heterocycles. The summed E-state index contributed by atoms with van der Waals surface area (Å²) in [6, 6.07) is -0.544. The molecule has 2 atom stereocenters. The Hall–Kier alpha value is -1.26. The standard InChI is InChI=1S/C5H7N3O3/c6-8-7-3-1-2-11-4(3)5(9)10/h3-4H,1-2H2,(H,9,10)/t3-,4-/m1/s1. The van der Waals surface area contributed by atoms with Gasteiger partial charge in [0.2, 0.25) is 0 Å². The van der Waals surface area contributed by atoms with Crippen LogP contribution in [-0.2, 0) is 9.53 Å². The van der Waals surface area contributed by atoms with Crippen molar-refractivity contribution in [2.75, 3.05) is 6.61 Å². The van der Waals surface area contributed by atoms with Gasteiger partial charge in [0.1, 0.15) is 0 Å². The molecule has 0 radical (unpaired) electrons. The molecule has 0 saturated carbocycles. The predicted molar refractivity (Wildman–Crippen MR) is 34.9 cm³/mol. The van der Waals surface area contributed by atoms with Crippen molar-refractivity contribution >= 4 is 5.97 Å². The van der Waals surface area contributed by atoms with Gasteiger partial charge in [-0.25, -0.2) is 4.79 Å². The lowest BCUT2D eigenvalue weighted by Crippen LogP contribution is -2.28. The molecular weight excluding hydrogens is 150 g/mol. The second-order valence-corrected chi connectivity index (χ2v) is 2.19. The lowest BCUT2D eigenvalue weighted by Gasteiger charge is -2.06. The highest BCUT2D eigenvalue weighted by atomic mass is 16.5. The van der Waals surface area contributed by atoms with E-state index in [-0.39, 0.29) is 0 Å². The maximum atomic E-state index is 10.4. The summed E-state index contributed by atoms with van der Waals surface area (Å²) >= 11 is 0. The number of hydrogen-bond acceptors (Lipinski definition) is 3. The third-order valence-electron chi connectivity index (χ3n) is 1.50. The molecule has 0 aromatic rings. The Morgan fingerprint density at radius 3 is 3.09 bits per heavy atom. The fourth-order valence-electron chi connectivity index (χ4n) is 0.999. The number of rotatable bonds is 2. The van der Waals surface area contributed by atoms with E-state index in [4.69, 9.17) is 15.4 Å². The van der Waals surface area contributed by atoms with E-state index in [0.717, 1.165) is 0 Å². The fourth-order valence-corrected chi connectivity index (χ4v) is 0.999. The van der Waals surface area contributed by atoms with Gasteiger partial charge >= 0.3 is 5.97 Å². The van der Waals surface area contributed by atoms with Crippen LogP contribution in [0.3, 0.4) is 0 Å². The summed E-state index contributed by atoms with van der Waals surface area (Å²) in [5.41, 5.74) is 8.04. The molecule has 1 saturated heterocycles. The van der Waals surface area contributed by atoms with Crippen LogP contribution in [0.5, 0.6) is 0 Å². The van der Waals surface area contributed by atoms with Gasteiger partial charge in [-0.2, -0.15) is 0 Å². The average Bonchev–Trinajstić information content (AvgIpc) is 2.36. The third-order valence-corrected chi connectivity index (χ3v) is 1.50. The van der Waals surface area contributed by atoms with E-state index in [9.17, 15) is 4.79 Å². The smallest absolute Gasteiger partial charge is 0.333 e. The second kappa shape index (κ2) is 3.23. The number of hydrogen-bond donors (Lipinski definition) is 1. The maximum absolute atomic E-state index is 10.4. The van der Waals surface area contributed by atoms with E-state index in [1.165, 1.54) is 0 Å². The van der Waals surface area contributed by atoms with Crippen LogP contribution >= 0.6 is 0 Å². The lowest BCUT2D eigenvalue weighted by molar-refractivity contribution is -0.147. The number of carboxylic acid groups (broad SMARTS) is 1. The zero-order valence-corrected chi connectivity index (χ0v) is 5.67. The van der Waals surface area contributed by atoms with Crippen molar-refractivity contribution in [3.63, 3.8) is 0 Å². The Kier molecular flexibility index (Phi) is 2.30. The number of carboxylic acids is 1. The highest BCUT2D eigenvalue weighted by Crippen LogP contribution is 2.16. The van der Waals surface area contributed by atoms with Crippen molar-refractivity contribution < 1.29 is 14.6 Å². The van der Waals surface area contributed by atoms with E-state index < -0.39 is 18.1 Å². The molecule has 1 aliphatic heterocycles. The summed E-state index contributed by atoms with van der Waals surface area (Å²) in [4.78, 5) is 12.9. The first-order valence-corrected chi connectivity index (χ1v) is 3.14. The van der Waals surface area contributed by atoms with Gasteiger partial charge in [-0.05, 0) is 12.0 Å². The van der Waals surface area contributed by atoms with Crippen molar-refractivity contribution in [1.29, 1.82) is 0 Å². The fraction of sp³-hybridized carbons (Fsp3) is 0.800. The summed E-state index contributed by atoms with van der Waals surface area (Å²) in [6.07, 6.45) is -0.466. The summed E-state index contributed by atoms with van der Waals surface area (Å²) in [5, 5.41) is 11.8. The molecule has 6 nitrogen and oxygen atoms in total. The van der Waals surface area contributed by atoms with Crippen molar-refractivity contribution in [2.45, 2.75) is 18.6 Å². The summed E-state index contributed by atoms with van der Waals surface area (Å²) in [5.74, 6) is -1.07. The van der Waals surface area contributed by atoms with E-state index in [1.807, 2.05) is 0 Å². The highest BCUT2D eigenvalue weighted by Gasteiger charge is 2.33. The van der Waals surface area contributed by atoms with Gasteiger partial charge in [0.15, 0.2) is 6.10 Å². The lowest BCUT2D eigenvalue weighted by atomic mass is 10.1. The predicted octanol–water partition coefficient (Wildman–Crippen LogP) is 0.539. The first kappa shape index (κ1) is 7.84. The second-order valence-electron chi connectivity index (χ2n) is 2.19. The van der Waals surface area contributed by atoms with Crippen LogP contribution in [0.1, 0.15) is 6.42 Å². The van der Waals surface area contributed by atoms with Gasteiger partial charge in [-0.1, -0.05) is 5.11 Å². The van der Waals surface area contributed by atoms with Crippen molar-refractivity contribution in [3.05, 3.63) is 10.4 Å². The first-order valence-electron chi connectivity index (χ1n) is 3.14. The molecule has 0 aliphatic carbocycles. The number of azide groups is 1. The minimum absolute atomic E-state index is 0.348. The number of nitrogens with zero attached hydrogens (tertiary/aromatic N) is 3. The average molecular weight is 157 g/mol. The first-order chi connectivity index (χ1) is 5.25. The van der Waals surface area contributed by atoms with Crippen LogP contribution in [0, 0.1) is 0 Å². The minimum atomic E-state index is -1.07. The van der Waals surface area contributed by atoms with Crippen molar-refractivity contribution in [2.24, 2.45) is 5.11 Å². The normalized spacial score (nSPS) is 29.5. The Morgan fingerprint density at radius 1 is 1.82 bits per heavy atom. The van der Waals surface area contributed by atoms with Crippen LogP contribution in [0.2, 0.25) is 0 Å². The Balaban J connectivity index is 2.64. The van der Waals surface area contributed by atoms with E-state index in [1.54, 1.807) is 0 Å². The molecule has 0 amide bonds. The molecule has 0 unspecified atom stereocenters. The highest BCUT2D eigenvalue weighted by molar-refractivity contribution is 5.73. The monoisotopic (exact) mass is 157 g/mol. The molecule has 6 heteroatoms. The molecular formula is C5H7N3O3. The molecule has 0 spiro atoms. The number of ether oxygens (including phenoxy) is 1. The topological polar surface area (TPSA) is 95.3 Å². The quantitative estimate of drug-likeness (QED) is 0.360. The van der Waals surface area contributed by atoms with Gasteiger partial charge in [-0.3, -0.25) is 0 Å². The van der Waals surface area contributed by atoms with Crippen LogP contribution in [0.15, 0.2) is 5.11 Å². The zero-order chi connectivity index (χ0) is 8.27. The largest absolute Gasteiger partial charge is 0.479 e. The van der Waals surface area contributed by atoms with Gasteiger partial charge in [0.25, 0.3) is 0 Å². The van der Waals surface area contributed by atoms with E-state index in [0.29, 0.717) is 13.0 Å². The van der Waals surface area contributed by atoms with Crippen LogP contribution in [0.25, 0.3) is 10.4 Å². The van der Waals surface area contributed by atoms with E-state index >= 15 is 0 Å². The summed E-state index contributed by atoms with van der Waals surface area (Å²) in [7, 11) is 0. The Labute approximate surface area is 62.4 Å². The van der Waals surface area contributed by atoms with Crippen LogP contribution < -0.4 is 0 Å². The molecule has 1 N–H and O–H groups in total. The van der Waals surface area contributed by atoms with Crippen LogP contribution in [-0.4, -0.2) is 29.8 Å². The summed E-state index contributed by atoms with van der Waals surface area (Å²) < 4.78 is 4.82.